The molecule has 0 saturated carbocycles. The minimum Gasteiger partial charge on any atom is -0.400 e. The summed E-state index contributed by atoms with van der Waals surface area (Å²) >= 11 is 1.20. The lowest BCUT2D eigenvalue weighted by Crippen LogP contribution is -2.54. The van der Waals surface area contributed by atoms with Crippen molar-refractivity contribution in [2.75, 3.05) is 7.11 Å². The van der Waals surface area contributed by atoms with Crippen LogP contribution in [0.1, 0.15) is 39.6 Å². The summed E-state index contributed by atoms with van der Waals surface area (Å²) in [4.78, 5) is 0.729. The Labute approximate surface area is 214 Å². The van der Waals surface area contributed by atoms with E-state index in [2.05, 4.69) is 0 Å². The van der Waals surface area contributed by atoms with E-state index in [4.69, 9.17) is 5.11 Å². The highest BCUT2D eigenvalue weighted by atomic mass is 32.1. The van der Waals surface area contributed by atoms with Gasteiger partial charge in [0.2, 0.25) is 0 Å². The molecule has 0 amide bonds. The van der Waals surface area contributed by atoms with Crippen LogP contribution in [-0.4, -0.2) is 39.9 Å². The van der Waals surface area contributed by atoms with Crippen molar-refractivity contribution in [2.24, 2.45) is 0 Å². The monoisotopic (exact) mass is 550 g/mol. The van der Waals surface area contributed by atoms with Gasteiger partial charge in [-0.05, 0) is 64.1 Å². The average Bonchev–Trinajstić information content (AvgIpc) is 3.35. The number of aliphatic hydroxyl groups excluding tert-OH is 3. The number of thiophene rings is 1. The van der Waals surface area contributed by atoms with E-state index in [0.29, 0.717) is 24.0 Å². The van der Waals surface area contributed by atoms with Gasteiger partial charge < -0.3 is 20.4 Å². The highest BCUT2D eigenvalue weighted by Crippen LogP contribution is 2.53. The number of benzene rings is 2. The number of halogens is 6. The SMILES string of the molecule is CCc1cccc(-c2csc(CCc3ccc(CO)c(CO)c3)c2)c1C(O)(C(F)(F)F)C(F)(F)F.CO. The highest BCUT2D eigenvalue weighted by Gasteiger charge is 2.72. The third-order valence-corrected chi connectivity index (χ3v) is 6.95. The maximum absolute atomic E-state index is 13.7. The summed E-state index contributed by atoms with van der Waals surface area (Å²) in [5, 5.41) is 37.4. The standard InChI is InChI=1S/C25H24F6O3S.CH4O/c1-2-16-4-3-5-21(22(16)23(34,24(26,27)28)25(29,30)31)19-11-20(35-14-19)9-7-15-6-8-17(12-32)18(10-15)13-33;1-2/h3-6,8,10-11,14,32-34H,2,7,9,12-13H2,1H3;2H,1H3. The van der Waals surface area contributed by atoms with Crippen LogP contribution in [0.2, 0.25) is 0 Å². The molecule has 1 aromatic heterocycles. The van der Waals surface area contributed by atoms with Crippen LogP contribution in [0, 0.1) is 0 Å². The fourth-order valence-electron chi connectivity index (χ4n) is 4.06. The van der Waals surface area contributed by atoms with E-state index in [1.807, 2.05) is 0 Å². The summed E-state index contributed by atoms with van der Waals surface area (Å²) in [6.45, 7) is 0.966. The molecule has 1 heterocycles. The van der Waals surface area contributed by atoms with Gasteiger partial charge in [0.25, 0.3) is 5.60 Å². The molecule has 204 valence electrons. The number of rotatable bonds is 8. The first kappa shape index (κ1) is 30.8. The third kappa shape index (κ3) is 6.35. The highest BCUT2D eigenvalue weighted by molar-refractivity contribution is 7.10. The van der Waals surface area contributed by atoms with E-state index in [9.17, 15) is 41.7 Å². The Hall–Kier alpha value is -2.44. The maximum Gasteiger partial charge on any atom is 0.430 e. The normalized spacial score (nSPS) is 12.3. The second-order valence-corrected chi connectivity index (χ2v) is 9.12. The molecule has 37 heavy (non-hydrogen) atoms. The second kappa shape index (κ2) is 12.4. The van der Waals surface area contributed by atoms with Gasteiger partial charge in [-0.2, -0.15) is 26.3 Å². The molecular formula is C26H28F6O4S. The first-order valence-electron chi connectivity index (χ1n) is 11.2. The number of hydrogen-bond acceptors (Lipinski definition) is 5. The molecule has 11 heteroatoms. The first-order valence-corrected chi connectivity index (χ1v) is 12.1. The first-order chi connectivity index (χ1) is 17.4. The Bertz CT molecular complexity index is 1160. The lowest BCUT2D eigenvalue weighted by atomic mass is 9.82. The van der Waals surface area contributed by atoms with Crippen LogP contribution >= 0.6 is 11.3 Å². The minimum atomic E-state index is -5.98. The number of hydrogen-bond donors (Lipinski definition) is 4. The van der Waals surface area contributed by atoms with Crippen LogP contribution in [0.15, 0.2) is 47.8 Å². The molecule has 0 spiro atoms. The van der Waals surface area contributed by atoms with Crippen molar-refractivity contribution in [1.29, 1.82) is 0 Å². The van der Waals surface area contributed by atoms with E-state index in [1.165, 1.54) is 35.8 Å². The molecule has 0 aliphatic heterocycles. The van der Waals surface area contributed by atoms with Gasteiger partial charge in [0, 0.05) is 17.6 Å². The van der Waals surface area contributed by atoms with Gasteiger partial charge in [-0.15, -0.1) is 11.3 Å². The van der Waals surface area contributed by atoms with Crippen molar-refractivity contribution in [1.82, 2.24) is 0 Å². The molecule has 0 saturated heterocycles. The quantitative estimate of drug-likeness (QED) is 0.273. The smallest absolute Gasteiger partial charge is 0.400 e. The molecule has 0 aliphatic carbocycles. The molecule has 0 radical (unpaired) electrons. The van der Waals surface area contributed by atoms with Gasteiger partial charge in [-0.3, -0.25) is 0 Å². The zero-order valence-corrected chi connectivity index (χ0v) is 20.9. The van der Waals surface area contributed by atoms with Crippen LogP contribution in [0.5, 0.6) is 0 Å². The molecule has 4 nitrogen and oxygen atoms in total. The summed E-state index contributed by atoms with van der Waals surface area (Å²) in [5.74, 6) is 0. The Kier molecular flexibility index (Phi) is 10.3. The van der Waals surface area contributed by atoms with Crippen molar-refractivity contribution in [3.05, 3.63) is 80.5 Å². The Morgan fingerprint density at radius 1 is 0.784 bits per heavy atom. The van der Waals surface area contributed by atoms with E-state index in [1.54, 1.807) is 18.2 Å². The van der Waals surface area contributed by atoms with E-state index < -0.39 is 23.5 Å². The molecule has 3 aromatic rings. The Morgan fingerprint density at radius 2 is 1.41 bits per heavy atom. The van der Waals surface area contributed by atoms with Gasteiger partial charge in [-0.25, -0.2) is 0 Å². The fraction of sp³-hybridized carbons (Fsp3) is 0.385. The minimum absolute atomic E-state index is 0.133. The van der Waals surface area contributed by atoms with Crippen LogP contribution in [0.4, 0.5) is 26.3 Å². The molecular weight excluding hydrogens is 522 g/mol. The summed E-state index contributed by atoms with van der Waals surface area (Å²) in [6.07, 6.45) is -11.1. The molecule has 0 fully saturated rings. The second-order valence-electron chi connectivity index (χ2n) is 8.12. The Morgan fingerprint density at radius 3 is 1.95 bits per heavy atom. The summed E-state index contributed by atoms with van der Waals surface area (Å²) in [5.41, 5.74) is -4.58. The molecule has 4 N–H and O–H groups in total. The number of alkyl halides is 6. The maximum atomic E-state index is 13.7. The molecule has 0 unspecified atom stereocenters. The van der Waals surface area contributed by atoms with Crippen LogP contribution in [0.25, 0.3) is 11.1 Å². The molecule has 0 bridgehead atoms. The van der Waals surface area contributed by atoms with Gasteiger partial charge in [0.1, 0.15) is 0 Å². The largest absolute Gasteiger partial charge is 0.430 e. The van der Waals surface area contributed by atoms with Crippen LogP contribution in [-0.2, 0) is 38.1 Å². The van der Waals surface area contributed by atoms with E-state index in [-0.39, 0.29) is 36.3 Å². The molecule has 0 atom stereocenters. The van der Waals surface area contributed by atoms with Gasteiger partial charge in [-0.1, -0.05) is 43.3 Å². The summed E-state index contributed by atoms with van der Waals surface area (Å²) in [6, 6.07) is 10.4. The topological polar surface area (TPSA) is 80.9 Å². The van der Waals surface area contributed by atoms with Crippen molar-refractivity contribution in [3.63, 3.8) is 0 Å². The number of aliphatic hydroxyl groups is 4. The van der Waals surface area contributed by atoms with E-state index >= 15 is 0 Å². The van der Waals surface area contributed by atoms with Crippen LogP contribution in [0.3, 0.4) is 0 Å². The molecule has 0 aliphatic rings. The summed E-state index contributed by atoms with van der Waals surface area (Å²) in [7, 11) is 1.00. The van der Waals surface area contributed by atoms with Crippen molar-refractivity contribution >= 4 is 11.3 Å². The lowest BCUT2D eigenvalue weighted by Gasteiger charge is -2.35. The van der Waals surface area contributed by atoms with Crippen molar-refractivity contribution in [2.45, 2.75) is 57.4 Å². The summed E-state index contributed by atoms with van der Waals surface area (Å²) < 4.78 is 82.4. The van der Waals surface area contributed by atoms with Crippen molar-refractivity contribution in [3.8, 4) is 11.1 Å². The zero-order valence-electron chi connectivity index (χ0n) is 20.1. The predicted molar refractivity (Wildman–Crippen MR) is 129 cm³/mol. The zero-order chi connectivity index (χ0) is 28.0. The molecule has 2 aromatic carbocycles. The average molecular weight is 551 g/mol. The predicted octanol–water partition coefficient (Wildman–Crippen LogP) is 5.67. The Balaban J connectivity index is 0.00000235. The van der Waals surface area contributed by atoms with Gasteiger partial charge in [0.15, 0.2) is 0 Å². The van der Waals surface area contributed by atoms with E-state index in [0.717, 1.165) is 29.7 Å². The van der Waals surface area contributed by atoms with Crippen molar-refractivity contribution < 1.29 is 46.8 Å². The van der Waals surface area contributed by atoms with Gasteiger partial charge in [0.05, 0.1) is 13.2 Å². The molecule has 3 rings (SSSR count). The number of aryl methyl sites for hydroxylation is 3. The van der Waals surface area contributed by atoms with Crippen LogP contribution < -0.4 is 0 Å². The third-order valence-electron chi connectivity index (χ3n) is 5.95. The van der Waals surface area contributed by atoms with Gasteiger partial charge >= 0.3 is 12.4 Å². The lowest BCUT2D eigenvalue weighted by molar-refractivity contribution is -0.376. The fourth-order valence-corrected chi connectivity index (χ4v) is 4.95.